The van der Waals surface area contributed by atoms with Crippen molar-refractivity contribution in [1.29, 1.82) is 0 Å². The summed E-state index contributed by atoms with van der Waals surface area (Å²) in [4.78, 5) is 26.7. The molecule has 31 heavy (non-hydrogen) atoms. The lowest BCUT2D eigenvalue weighted by Crippen LogP contribution is -2.50. The fourth-order valence-corrected chi connectivity index (χ4v) is 3.37. The van der Waals surface area contributed by atoms with Crippen molar-refractivity contribution in [3.05, 3.63) is 48.5 Å². The summed E-state index contributed by atoms with van der Waals surface area (Å²) < 4.78 is 20.6. The number of piperidine rings is 1. The lowest BCUT2D eigenvalue weighted by atomic mass is 9.96. The van der Waals surface area contributed by atoms with E-state index in [1.54, 1.807) is 16.9 Å². The van der Waals surface area contributed by atoms with Crippen molar-refractivity contribution in [2.45, 2.75) is 25.9 Å². The van der Waals surface area contributed by atoms with Gasteiger partial charge in [-0.2, -0.15) is 4.52 Å². The smallest absolute Gasteiger partial charge is 0.279 e. The van der Waals surface area contributed by atoms with Gasteiger partial charge in [0.15, 0.2) is 23.3 Å². The highest BCUT2D eigenvalue weighted by Crippen LogP contribution is 2.22. The molecule has 2 amide bonds. The second-order valence-corrected chi connectivity index (χ2v) is 7.26. The van der Waals surface area contributed by atoms with Crippen molar-refractivity contribution in [3.63, 3.8) is 0 Å². The van der Waals surface area contributed by atoms with Crippen molar-refractivity contribution in [1.82, 2.24) is 30.7 Å². The molecule has 0 saturated carbocycles. The number of nitrogens with one attached hydrogen (secondary N) is 2. The van der Waals surface area contributed by atoms with Gasteiger partial charge in [0, 0.05) is 19.0 Å². The second kappa shape index (κ2) is 8.94. The van der Waals surface area contributed by atoms with Crippen LogP contribution in [-0.2, 0) is 9.59 Å². The van der Waals surface area contributed by atoms with Gasteiger partial charge in [-0.25, -0.2) is 4.39 Å². The van der Waals surface area contributed by atoms with Crippen LogP contribution in [0, 0.1) is 11.7 Å². The molecule has 4 rings (SSSR count). The third-order valence-corrected chi connectivity index (χ3v) is 5.16. The Bertz CT molecular complexity index is 1080. The number of nitrogens with zero attached hydrogens (tertiary/aromatic N) is 5. The van der Waals surface area contributed by atoms with E-state index in [1.807, 2.05) is 12.1 Å². The molecule has 1 aromatic carbocycles. The molecule has 10 nitrogen and oxygen atoms in total. The van der Waals surface area contributed by atoms with Crippen LogP contribution in [0.3, 0.4) is 0 Å². The van der Waals surface area contributed by atoms with Crippen LogP contribution in [0.15, 0.2) is 42.7 Å². The SMILES string of the molecule is CC(Oc1ccccc1F)C(=O)NNC(=O)C1CCN(c2ccc3nncn3n2)CC1. The highest BCUT2D eigenvalue weighted by molar-refractivity contribution is 5.85. The summed E-state index contributed by atoms with van der Waals surface area (Å²) in [6.45, 7) is 2.78. The predicted molar refractivity (Wildman–Crippen MR) is 108 cm³/mol. The monoisotopic (exact) mass is 427 g/mol. The van der Waals surface area contributed by atoms with Crippen molar-refractivity contribution >= 4 is 23.3 Å². The van der Waals surface area contributed by atoms with Gasteiger partial charge in [-0.1, -0.05) is 12.1 Å². The predicted octanol–water partition coefficient (Wildman–Crippen LogP) is 1.09. The number of hydrogen-bond donors (Lipinski definition) is 2. The molecule has 0 spiro atoms. The summed E-state index contributed by atoms with van der Waals surface area (Å²) in [7, 11) is 0. The summed E-state index contributed by atoms with van der Waals surface area (Å²) in [6.07, 6.45) is 1.80. The molecular formula is C20H22FN7O3. The van der Waals surface area contributed by atoms with E-state index in [1.165, 1.54) is 25.1 Å². The topological polar surface area (TPSA) is 114 Å². The van der Waals surface area contributed by atoms with Crippen LogP contribution >= 0.6 is 0 Å². The van der Waals surface area contributed by atoms with Crippen LogP contribution in [0.4, 0.5) is 10.2 Å². The normalized spacial score (nSPS) is 15.5. The first-order valence-corrected chi connectivity index (χ1v) is 9.94. The molecule has 1 atom stereocenters. The molecule has 1 saturated heterocycles. The zero-order valence-corrected chi connectivity index (χ0v) is 16.9. The van der Waals surface area contributed by atoms with Gasteiger partial charge < -0.3 is 9.64 Å². The number of hydrazine groups is 1. The summed E-state index contributed by atoms with van der Waals surface area (Å²) >= 11 is 0. The van der Waals surface area contributed by atoms with E-state index in [2.05, 4.69) is 31.0 Å². The fourth-order valence-electron chi connectivity index (χ4n) is 3.37. The molecule has 3 heterocycles. The Kier molecular flexibility index (Phi) is 5.92. The minimum absolute atomic E-state index is 0.0258. The lowest BCUT2D eigenvalue weighted by Gasteiger charge is -2.32. The number of para-hydroxylation sites is 1. The number of carbonyl (C=O) groups is 2. The third-order valence-electron chi connectivity index (χ3n) is 5.16. The van der Waals surface area contributed by atoms with Crippen LogP contribution in [0.2, 0.25) is 0 Å². The van der Waals surface area contributed by atoms with E-state index >= 15 is 0 Å². The van der Waals surface area contributed by atoms with E-state index in [4.69, 9.17) is 4.74 Å². The number of ether oxygens (including phenoxy) is 1. The lowest BCUT2D eigenvalue weighted by molar-refractivity contribution is -0.134. The van der Waals surface area contributed by atoms with Gasteiger partial charge in [0.2, 0.25) is 5.91 Å². The van der Waals surface area contributed by atoms with Gasteiger partial charge in [0.25, 0.3) is 5.91 Å². The molecular weight excluding hydrogens is 405 g/mol. The average Bonchev–Trinajstić information content (AvgIpc) is 3.26. The Morgan fingerprint density at radius 2 is 1.94 bits per heavy atom. The molecule has 11 heteroatoms. The zero-order chi connectivity index (χ0) is 21.8. The Morgan fingerprint density at radius 1 is 1.16 bits per heavy atom. The molecule has 0 bridgehead atoms. The maximum absolute atomic E-state index is 13.6. The number of halogens is 1. The number of fused-ring (bicyclic) bond motifs is 1. The van der Waals surface area contributed by atoms with E-state index in [0.717, 1.165) is 5.82 Å². The summed E-state index contributed by atoms with van der Waals surface area (Å²) in [5.41, 5.74) is 5.46. The van der Waals surface area contributed by atoms with Crippen LogP contribution < -0.4 is 20.5 Å². The van der Waals surface area contributed by atoms with Crippen molar-refractivity contribution in [2.75, 3.05) is 18.0 Å². The van der Waals surface area contributed by atoms with Gasteiger partial charge in [-0.3, -0.25) is 20.4 Å². The highest BCUT2D eigenvalue weighted by atomic mass is 19.1. The van der Waals surface area contributed by atoms with Crippen molar-refractivity contribution in [2.24, 2.45) is 5.92 Å². The quantitative estimate of drug-likeness (QED) is 0.586. The maximum Gasteiger partial charge on any atom is 0.279 e. The summed E-state index contributed by atoms with van der Waals surface area (Å²) in [6, 6.07) is 9.53. The molecule has 1 aliphatic heterocycles. The third kappa shape index (κ3) is 4.71. The van der Waals surface area contributed by atoms with Gasteiger partial charge in [0.05, 0.1) is 0 Å². The Balaban J connectivity index is 1.24. The van der Waals surface area contributed by atoms with E-state index in [0.29, 0.717) is 31.6 Å². The second-order valence-electron chi connectivity index (χ2n) is 7.26. The fraction of sp³-hybridized carbons (Fsp3) is 0.350. The van der Waals surface area contributed by atoms with Gasteiger partial charge in [0.1, 0.15) is 12.1 Å². The Morgan fingerprint density at radius 3 is 2.71 bits per heavy atom. The number of anilines is 1. The standard InChI is InChI=1S/C20H22FN7O3/c1-13(31-16-5-3-2-4-15(16)21)19(29)24-25-20(30)14-8-10-27(11-9-14)18-7-6-17-23-22-12-28(17)26-18/h2-7,12-14H,8-11H2,1H3,(H,24,29)(H,25,30). The number of benzene rings is 1. The Labute approximate surface area is 177 Å². The van der Waals surface area contributed by atoms with E-state index < -0.39 is 17.8 Å². The molecule has 0 aliphatic carbocycles. The Hall–Kier alpha value is -3.76. The first kappa shape index (κ1) is 20.5. The summed E-state index contributed by atoms with van der Waals surface area (Å²) in [5, 5.41) is 12.2. The van der Waals surface area contributed by atoms with Crippen LogP contribution in [0.1, 0.15) is 19.8 Å². The molecule has 3 aromatic rings. The molecule has 2 N–H and O–H groups in total. The number of hydrogen-bond acceptors (Lipinski definition) is 7. The molecule has 2 aromatic heterocycles. The van der Waals surface area contributed by atoms with E-state index in [-0.39, 0.29) is 17.6 Å². The van der Waals surface area contributed by atoms with Gasteiger partial charge >= 0.3 is 0 Å². The van der Waals surface area contributed by atoms with Crippen LogP contribution in [0.5, 0.6) is 5.75 Å². The van der Waals surface area contributed by atoms with E-state index in [9.17, 15) is 14.0 Å². The largest absolute Gasteiger partial charge is 0.478 e. The first-order chi connectivity index (χ1) is 15.0. The number of aromatic nitrogens is 4. The number of amides is 2. The first-order valence-electron chi connectivity index (χ1n) is 9.94. The molecule has 1 unspecified atom stereocenters. The average molecular weight is 427 g/mol. The van der Waals surface area contributed by atoms with Crippen molar-refractivity contribution in [3.8, 4) is 5.75 Å². The minimum Gasteiger partial charge on any atom is -0.478 e. The van der Waals surface area contributed by atoms with Gasteiger partial charge in [-0.15, -0.1) is 15.3 Å². The molecule has 0 radical (unpaired) electrons. The number of rotatable bonds is 5. The van der Waals surface area contributed by atoms with Crippen molar-refractivity contribution < 1.29 is 18.7 Å². The summed E-state index contributed by atoms with van der Waals surface area (Å²) in [5.74, 6) is -0.872. The zero-order valence-electron chi connectivity index (χ0n) is 16.9. The highest BCUT2D eigenvalue weighted by Gasteiger charge is 2.27. The molecule has 1 aliphatic rings. The molecule has 1 fully saturated rings. The maximum atomic E-state index is 13.6. The van der Waals surface area contributed by atoms with Gasteiger partial charge in [-0.05, 0) is 44.0 Å². The van der Waals surface area contributed by atoms with Crippen LogP contribution in [-0.4, -0.2) is 50.8 Å². The number of carbonyl (C=O) groups excluding carboxylic acids is 2. The van der Waals surface area contributed by atoms with Crippen LogP contribution in [0.25, 0.3) is 5.65 Å². The minimum atomic E-state index is -0.974. The molecule has 162 valence electrons.